The van der Waals surface area contributed by atoms with Crippen molar-refractivity contribution in [2.75, 3.05) is 7.05 Å². The number of aromatic nitrogens is 2. The molecule has 0 atom stereocenters. The standard InChI is InChI=1S/C21H21ClN4S/c1-25(21(27)23-18-11-12-18)13-16-14-26(19-5-3-2-4-6-19)24-20(16)15-7-9-17(22)10-8-15/h2-10,14,18H,11-13H2,1H3,(H,23,27). The zero-order valence-corrected chi connectivity index (χ0v) is 16.7. The molecule has 0 aliphatic heterocycles. The van der Waals surface area contributed by atoms with Crippen molar-refractivity contribution in [3.05, 3.63) is 71.4 Å². The number of hydrogen-bond donors (Lipinski definition) is 1. The van der Waals surface area contributed by atoms with Crippen molar-refractivity contribution in [3.63, 3.8) is 0 Å². The van der Waals surface area contributed by atoms with E-state index in [1.54, 1.807) is 0 Å². The van der Waals surface area contributed by atoms with E-state index in [0.29, 0.717) is 12.6 Å². The Bertz CT molecular complexity index is 933. The van der Waals surface area contributed by atoms with Gasteiger partial charge in [0.25, 0.3) is 0 Å². The molecule has 0 unspecified atom stereocenters. The maximum Gasteiger partial charge on any atom is 0.169 e. The van der Waals surface area contributed by atoms with Crippen LogP contribution in [0.25, 0.3) is 16.9 Å². The number of rotatable bonds is 5. The second kappa shape index (κ2) is 7.71. The van der Waals surface area contributed by atoms with Crippen LogP contribution in [0.4, 0.5) is 0 Å². The molecule has 0 bridgehead atoms. The highest BCUT2D eigenvalue weighted by atomic mass is 35.5. The zero-order chi connectivity index (χ0) is 18.8. The molecule has 0 saturated heterocycles. The summed E-state index contributed by atoms with van der Waals surface area (Å²) in [6, 6.07) is 18.5. The number of halogens is 1. The van der Waals surface area contributed by atoms with Crippen molar-refractivity contribution in [2.45, 2.75) is 25.4 Å². The summed E-state index contributed by atoms with van der Waals surface area (Å²) < 4.78 is 1.92. The first-order valence-corrected chi connectivity index (χ1v) is 9.80. The lowest BCUT2D eigenvalue weighted by Gasteiger charge is -2.20. The van der Waals surface area contributed by atoms with Gasteiger partial charge in [0.2, 0.25) is 0 Å². The smallest absolute Gasteiger partial charge is 0.169 e. The van der Waals surface area contributed by atoms with Gasteiger partial charge >= 0.3 is 0 Å². The van der Waals surface area contributed by atoms with Crippen LogP contribution in [0.3, 0.4) is 0 Å². The summed E-state index contributed by atoms with van der Waals surface area (Å²) in [5.74, 6) is 0. The maximum absolute atomic E-state index is 6.06. The Morgan fingerprint density at radius 3 is 2.56 bits per heavy atom. The number of thiocarbonyl (C=S) groups is 1. The third-order valence-electron chi connectivity index (χ3n) is 4.59. The van der Waals surface area contributed by atoms with E-state index < -0.39 is 0 Å². The van der Waals surface area contributed by atoms with Crippen LogP contribution in [0.2, 0.25) is 5.02 Å². The highest BCUT2D eigenvalue weighted by molar-refractivity contribution is 7.80. The van der Waals surface area contributed by atoms with Crippen molar-refractivity contribution >= 4 is 28.9 Å². The van der Waals surface area contributed by atoms with Crippen molar-refractivity contribution in [2.24, 2.45) is 0 Å². The molecule has 4 nitrogen and oxygen atoms in total. The van der Waals surface area contributed by atoms with Crippen LogP contribution in [0.5, 0.6) is 0 Å². The molecule has 1 aliphatic carbocycles. The lowest BCUT2D eigenvalue weighted by molar-refractivity contribution is 0.489. The molecule has 3 aromatic rings. The number of para-hydroxylation sites is 1. The van der Waals surface area contributed by atoms with Gasteiger partial charge < -0.3 is 10.2 Å². The first kappa shape index (κ1) is 18.0. The fourth-order valence-electron chi connectivity index (χ4n) is 2.93. The van der Waals surface area contributed by atoms with Gasteiger partial charge in [-0.1, -0.05) is 41.9 Å². The van der Waals surface area contributed by atoms with Gasteiger partial charge in [-0.3, -0.25) is 0 Å². The SMILES string of the molecule is CN(Cc1cn(-c2ccccc2)nc1-c1ccc(Cl)cc1)C(=S)NC1CC1. The van der Waals surface area contributed by atoms with Gasteiger partial charge in [0.15, 0.2) is 5.11 Å². The fourth-order valence-corrected chi connectivity index (χ4v) is 3.29. The monoisotopic (exact) mass is 396 g/mol. The van der Waals surface area contributed by atoms with Crippen LogP contribution < -0.4 is 5.32 Å². The van der Waals surface area contributed by atoms with Gasteiger partial charge in [-0.25, -0.2) is 4.68 Å². The second-order valence-corrected chi connectivity index (χ2v) is 7.69. The molecular formula is C21H21ClN4S. The van der Waals surface area contributed by atoms with Crippen LogP contribution in [0.15, 0.2) is 60.8 Å². The highest BCUT2D eigenvalue weighted by Gasteiger charge is 2.23. The van der Waals surface area contributed by atoms with E-state index in [9.17, 15) is 0 Å². The van der Waals surface area contributed by atoms with E-state index in [0.717, 1.165) is 32.6 Å². The second-order valence-electron chi connectivity index (χ2n) is 6.87. The van der Waals surface area contributed by atoms with Gasteiger partial charge in [0.05, 0.1) is 11.4 Å². The molecule has 1 aliphatic rings. The van der Waals surface area contributed by atoms with Gasteiger partial charge in [-0.15, -0.1) is 0 Å². The molecule has 1 aromatic heterocycles. The third kappa shape index (κ3) is 4.31. The molecule has 1 fully saturated rings. The predicted molar refractivity (Wildman–Crippen MR) is 114 cm³/mol. The minimum Gasteiger partial charge on any atom is -0.360 e. The minimum atomic E-state index is 0.544. The Balaban J connectivity index is 1.66. The molecule has 27 heavy (non-hydrogen) atoms. The molecule has 0 spiro atoms. The average molecular weight is 397 g/mol. The molecule has 2 aromatic carbocycles. The first-order chi connectivity index (χ1) is 13.1. The van der Waals surface area contributed by atoms with E-state index >= 15 is 0 Å². The summed E-state index contributed by atoms with van der Waals surface area (Å²) in [5.41, 5.74) is 4.12. The maximum atomic E-state index is 6.06. The topological polar surface area (TPSA) is 33.1 Å². The summed E-state index contributed by atoms with van der Waals surface area (Å²) in [6.45, 7) is 0.684. The van der Waals surface area contributed by atoms with Gasteiger partial charge in [-0.05, 0) is 49.3 Å². The van der Waals surface area contributed by atoms with Crippen LogP contribution >= 0.6 is 23.8 Å². The summed E-state index contributed by atoms with van der Waals surface area (Å²) in [4.78, 5) is 2.07. The normalized spacial score (nSPS) is 13.4. The summed E-state index contributed by atoms with van der Waals surface area (Å²) in [7, 11) is 2.02. The van der Waals surface area contributed by atoms with E-state index in [4.69, 9.17) is 28.9 Å². The van der Waals surface area contributed by atoms with E-state index in [-0.39, 0.29) is 0 Å². The highest BCUT2D eigenvalue weighted by Crippen LogP contribution is 2.26. The van der Waals surface area contributed by atoms with Crippen molar-refractivity contribution < 1.29 is 0 Å². The largest absolute Gasteiger partial charge is 0.360 e. The Hall–Kier alpha value is -2.37. The molecule has 0 amide bonds. The molecule has 138 valence electrons. The lowest BCUT2D eigenvalue weighted by atomic mass is 10.1. The zero-order valence-electron chi connectivity index (χ0n) is 15.1. The van der Waals surface area contributed by atoms with Crippen molar-refractivity contribution in [1.82, 2.24) is 20.0 Å². The van der Waals surface area contributed by atoms with Crippen LogP contribution in [-0.4, -0.2) is 32.9 Å². The van der Waals surface area contributed by atoms with Crippen molar-refractivity contribution in [1.29, 1.82) is 0 Å². The number of nitrogens with one attached hydrogen (secondary N) is 1. The van der Waals surface area contributed by atoms with Crippen molar-refractivity contribution in [3.8, 4) is 16.9 Å². The van der Waals surface area contributed by atoms with E-state index in [1.165, 1.54) is 12.8 Å². The summed E-state index contributed by atoms with van der Waals surface area (Å²) in [5, 5.41) is 9.74. The van der Waals surface area contributed by atoms with E-state index in [1.807, 2.05) is 66.3 Å². The quantitative estimate of drug-likeness (QED) is 0.636. The van der Waals surface area contributed by atoms with Crippen LogP contribution in [0, 0.1) is 0 Å². The van der Waals surface area contributed by atoms with Crippen LogP contribution in [-0.2, 0) is 6.54 Å². The molecule has 1 saturated carbocycles. The number of hydrogen-bond acceptors (Lipinski definition) is 2. The third-order valence-corrected chi connectivity index (χ3v) is 5.27. The lowest BCUT2D eigenvalue weighted by Crippen LogP contribution is -2.37. The molecule has 1 heterocycles. The molecule has 1 N–H and O–H groups in total. The molecule has 0 radical (unpaired) electrons. The van der Waals surface area contributed by atoms with Gasteiger partial charge in [0.1, 0.15) is 0 Å². The van der Waals surface area contributed by atoms with E-state index in [2.05, 4.69) is 16.4 Å². The Kier molecular flexibility index (Phi) is 5.14. The number of benzene rings is 2. The molecule has 4 rings (SSSR count). The Morgan fingerprint density at radius 1 is 1.19 bits per heavy atom. The summed E-state index contributed by atoms with van der Waals surface area (Å²) in [6.07, 6.45) is 4.49. The van der Waals surface area contributed by atoms with Crippen LogP contribution in [0.1, 0.15) is 18.4 Å². The number of nitrogens with zero attached hydrogens (tertiary/aromatic N) is 3. The van der Waals surface area contributed by atoms with Gasteiger partial charge in [-0.2, -0.15) is 5.10 Å². The first-order valence-electron chi connectivity index (χ1n) is 9.02. The van der Waals surface area contributed by atoms with Gasteiger partial charge in [0, 0.05) is 42.0 Å². The fraction of sp³-hybridized carbons (Fsp3) is 0.238. The molecule has 6 heteroatoms. The average Bonchev–Trinajstić information content (AvgIpc) is 3.40. The Morgan fingerprint density at radius 2 is 1.89 bits per heavy atom. The molecular weight excluding hydrogens is 376 g/mol. The predicted octanol–water partition coefficient (Wildman–Crippen LogP) is 4.66. The summed E-state index contributed by atoms with van der Waals surface area (Å²) >= 11 is 11.6. The minimum absolute atomic E-state index is 0.544. The Labute approximate surface area is 169 Å².